The summed E-state index contributed by atoms with van der Waals surface area (Å²) in [5.74, 6) is -0.970. The molecule has 6 heteroatoms. The molecule has 0 aliphatic carbocycles. The van der Waals surface area contributed by atoms with Crippen molar-refractivity contribution in [1.29, 1.82) is 0 Å². The number of halogens is 1. The summed E-state index contributed by atoms with van der Waals surface area (Å²) in [7, 11) is 1.84. The number of anilines is 1. The third-order valence-corrected chi connectivity index (χ3v) is 4.84. The molecule has 1 aliphatic rings. The van der Waals surface area contributed by atoms with E-state index in [2.05, 4.69) is 0 Å². The van der Waals surface area contributed by atoms with Gasteiger partial charge in [-0.15, -0.1) is 0 Å². The maximum absolute atomic E-state index is 12.8. The molecule has 1 heterocycles. The van der Waals surface area contributed by atoms with E-state index >= 15 is 0 Å². The average Bonchev–Trinajstić information content (AvgIpc) is 2.97. The molecule has 5 nitrogen and oxygen atoms in total. The summed E-state index contributed by atoms with van der Waals surface area (Å²) in [5.41, 5.74) is 1.68. The van der Waals surface area contributed by atoms with Crippen molar-refractivity contribution in [1.82, 2.24) is 4.90 Å². The van der Waals surface area contributed by atoms with Crippen LogP contribution in [0.2, 0.25) is 5.02 Å². The van der Waals surface area contributed by atoms with Crippen molar-refractivity contribution in [3.05, 3.63) is 64.7 Å². The number of carboxylic acids is 1. The van der Waals surface area contributed by atoms with Crippen LogP contribution in [0.1, 0.15) is 22.3 Å². The van der Waals surface area contributed by atoms with E-state index in [9.17, 15) is 14.7 Å². The highest BCUT2D eigenvalue weighted by atomic mass is 35.5. The number of likely N-dealkylation sites (N-methyl/N-ethyl adjacent to an activating group) is 1. The number of rotatable bonds is 5. The second-order valence-electron chi connectivity index (χ2n) is 6.12. The number of carbonyl (C=O) groups excluding carboxylic acids is 1. The van der Waals surface area contributed by atoms with Crippen LogP contribution >= 0.6 is 11.6 Å². The van der Waals surface area contributed by atoms with Crippen molar-refractivity contribution in [3.8, 4) is 0 Å². The van der Waals surface area contributed by atoms with Gasteiger partial charge in [0.15, 0.2) is 0 Å². The van der Waals surface area contributed by atoms with Crippen LogP contribution in [0.5, 0.6) is 0 Å². The number of nitrogens with zero attached hydrogens (tertiary/aromatic N) is 2. The number of aromatic carboxylic acids is 1. The lowest BCUT2D eigenvalue weighted by Gasteiger charge is -2.24. The van der Waals surface area contributed by atoms with Crippen LogP contribution in [0, 0.1) is 0 Å². The number of para-hydroxylation sites is 1. The summed E-state index contributed by atoms with van der Waals surface area (Å²) in [6.45, 7) is 0.993. The standard InChI is InChI=1S/C19H19ClN2O3/c1-21(12-13-6-2-3-7-14(13)19(24)25)17-10-11-22(18(17)23)16-9-5-4-8-15(16)20/h2-9,17H,10-12H2,1H3,(H,24,25). The minimum absolute atomic E-state index is 0.0107. The van der Waals surface area contributed by atoms with Gasteiger partial charge < -0.3 is 10.0 Å². The lowest BCUT2D eigenvalue weighted by molar-refractivity contribution is -0.121. The molecule has 130 valence electrons. The van der Waals surface area contributed by atoms with E-state index in [1.165, 1.54) is 0 Å². The number of benzene rings is 2. The van der Waals surface area contributed by atoms with Crippen molar-refractivity contribution in [2.75, 3.05) is 18.5 Å². The number of amides is 1. The monoisotopic (exact) mass is 358 g/mol. The van der Waals surface area contributed by atoms with Gasteiger partial charge in [-0.2, -0.15) is 0 Å². The van der Waals surface area contributed by atoms with E-state index in [0.717, 1.165) is 5.69 Å². The van der Waals surface area contributed by atoms with Gasteiger partial charge in [-0.25, -0.2) is 4.79 Å². The first-order chi connectivity index (χ1) is 12.0. The van der Waals surface area contributed by atoms with E-state index in [1.54, 1.807) is 29.2 Å². The molecule has 1 fully saturated rings. The van der Waals surface area contributed by atoms with Crippen LogP contribution in [0.25, 0.3) is 0 Å². The molecule has 1 aliphatic heterocycles. The maximum atomic E-state index is 12.8. The van der Waals surface area contributed by atoms with Gasteiger partial charge in [-0.05, 0) is 37.2 Å². The van der Waals surface area contributed by atoms with E-state index in [4.69, 9.17) is 11.6 Å². The second kappa shape index (κ2) is 7.25. The molecule has 0 radical (unpaired) electrons. The largest absolute Gasteiger partial charge is 0.478 e. The normalized spacial score (nSPS) is 17.3. The highest BCUT2D eigenvalue weighted by Gasteiger charge is 2.36. The Balaban J connectivity index is 1.76. The first kappa shape index (κ1) is 17.5. The van der Waals surface area contributed by atoms with Gasteiger partial charge in [0.25, 0.3) is 0 Å². The Kier molecular flexibility index (Phi) is 5.06. The van der Waals surface area contributed by atoms with Crippen LogP contribution in [-0.4, -0.2) is 41.5 Å². The summed E-state index contributed by atoms with van der Waals surface area (Å²) in [5, 5.41) is 9.86. The minimum Gasteiger partial charge on any atom is -0.478 e. The molecular weight excluding hydrogens is 340 g/mol. The Morgan fingerprint density at radius 1 is 1.24 bits per heavy atom. The van der Waals surface area contributed by atoms with E-state index in [0.29, 0.717) is 30.1 Å². The Labute approximate surface area is 151 Å². The molecule has 2 aromatic rings. The van der Waals surface area contributed by atoms with Crippen molar-refractivity contribution in [3.63, 3.8) is 0 Å². The lowest BCUT2D eigenvalue weighted by atomic mass is 10.1. The molecule has 0 bridgehead atoms. The summed E-state index contributed by atoms with van der Waals surface area (Å²) in [6.07, 6.45) is 0.676. The quantitative estimate of drug-likeness (QED) is 0.891. The van der Waals surface area contributed by atoms with Gasteiger partial charge in [-0.3, -0.25) is 9.69 Å². The van der Waals surface area contributed by atoms with Crippen LogP contribution < -0.4 is 4.90 Å². The topological polar surface area (TPSA) is 60.9 Å². The molecule has 1 atom stereocenters. The molecule has 1 unspecified atom stereocenters. The Morgan fingerprint density at radius 3 is 2.64 bits per heavy atom. The summed E-state index contributed by atoms with van der Waals surface area (Å²) in [4.78, 5) is 27.8. The molecular formula is C19H19ClN2O3. The fraction of sp³-hybridized carbons (Fsp3) is 0.263. The van der Waals surface area contributed by atoms with Gasteiger partial charge in [0.1, 0.15) is 0 Å². The predicted octanol–water partition coefficient (Wildman–Crippen LogP) is 3.28. The zero-order valence-electron chi connectivity index (χ0n) is 13.9. The molecule has 0 aromatic heterocycles. The smallest absolute Gasteiger partial charge is 0.336 e. The molecule has 1 amide bonds. The fourth-order valence-corrected chi connectivity index (χ4v) is 3.47. The van der Waals surface area contributed by atoms with E-state index in [-0.39, 0.29) is 17.5 Å². The van der Waals surface area contributed by atoms with E-state index < -0.39 is 5.97 Å². The van der Waals surface area contributed by atoms with Crippen molar-refractivity contribution >= 4 is 29.2 Å². The van der Waals surface area contributed by atoms with E-state index in [1.807, 2.05) is 36.2 Å². The first-order valence-electron chi connectivity index (χ1n) is 8.06. The summed E-state index contributed by atoms with van der Waals surface area (Å²) in [6, 6.07) is 13.9. The minimum atomic E-state index is -0.959. The van der Waals surface area contributed by atoms with Crippen LogP contribution in [0.15, 0.2) is 48.5 Å². The van der Waals surface area contributed by atoms with Crippen LogP contribution in [0.3, 0.4) is 0 Å². The van der Waals surface area contributed by atoms with Crippen molar-refractivity contribution in [2.45, 2.75) is 19.0 Å². The third kappa shape index (κ3) is 3.52. The molecule has 1 saturated heterocycles. The van der Waals surface area contributed by atoms with Crippen molar-refractivity contribution in [2.24, 2.45) is 0 Å². The van der Waals surface area contributed by atoms with Crippen LogP contribution in [-0.2, 0) is 11.3 Å². The summed E-state index contributed by atoms with van der Waals surface area (Å²) < 4.78 is 0. The Morgan fingerprint density at radius 2 is 1.92 bits per heavy atom. The molecule has 0 spiro atoms. The van der Waals surface area contributed by atoms with Crippen LogP contribution in [0.4, 0.5) is 5.69 Å². The number of carbonyl (C=O) groups is 2. The average molecular weight is 359 g/mol. The SMILES string of the molecule is CN(Cc1ccccc1C(=O)O)C1CCN(c2ccccc2Cl)C1=O. The number of carboxylic acid groups (broad SMARTS) is 1. The van der Waals surface area contributed by atoms with Gasteiger partial charge in [0.05, 0.1) is 22.3 Å². The fourth-order valence-electron chi connectivity index (χ4n) is 3.23. The lowest BCUT2D eigenvalue weighted by Crippen LogP contribution is -2.39. The molecule has 25 heavy (non-hydrogen) atoms. The highest BCUT2D eigenvalue weighted by Crippen LogP contribution is 2.30. The third-order valence-electron chi connectivity index (χ3n) is 4.52. The zero-order chi connectivity index (χ0) is 18.0. The second-order valence-corrected chi connectivity index (χ2v) is 6.53. The maximum Gasteiger partial charge on any atom is 0.336 e. The zero-order valence-corrected chi connectivity index (χ0v) is 14.6. The molecule has 0 saturated carbocycles. The Hall–Kier alpha value is -2.37. The van der Waals surface area contributed by atoms with Gasteiger partial charge in [0, 0.05) is 13.1 Å². The van der Waals surface area contributed by atoms with Gasteiger partial charge in [0.2, 0.25) is 5.91 Å². The molecule has 3 rings (SSSR count). The number of hydrogen-bond acceptors (Lipinski definition) is 3. The molecule has 1 N–H and O–H groups in total. The Bertz CT molecular complexity index is 809. The number of hydrogen-bond donors (Lipinski definition) is 1. The van der Waals surface area contributed by atoms with Gasteiger partial charge in [-0.1, -0.05) is 41.9 Å². The summed E-state index contributed by atoms with van der Waals surface area (Å²) >= 11 is 6.21. The predicted molar refractivity (Wildman–Crippen MR) is 97.1 cm³/mol. The van der Waals surface area contributed by atoms with Gasteiger partial charge >= 0.3 is 5.97 Å². The highest BCUT2D eigenvalue weighted by molar-refractivity contribution is 6.33. The van der Waals surface area contributed by atoms with Crippen molar-refractivity contribution < 1.29 is 14.7 Å². The molecule has 2 aromatic carbocycles. The first-order valence-corrected chi connectivity index (χ1v) is 8.44.